The fourth-order valence-electron chi connectivity index (χ4n) is 5.10. The van der Waals surface area contributed by atoms with Crippen LogP contribution in [-0.2, 0) is 4.79 Å². The Morgan fingerprint density at radius 3 is 2.47 bits per heavy atom. The molecule has 2 amide bonds. The minimum absolute atomic E-state index is 0.0443. The third kappa shape index (κ3) is 5.12. The second-order valence-electron chi connectivity index (χ2n) is 8.83. The molecule has 0 bridgehead atoms. The molecule has 2 aromatic rings. The van der Waals surface area contributed by atoms with Gasteiger partial charge >= 0.3 is 0 Å². The summed E-state index contributed by atoms with van der Waals surface area (Å²) in [6.07, 6.45) is 3.11. The molecule has 0 unspecified atom stereocenters. The Bertz CT molecular complexity index is 1010. The largest absolute Gasteiger partial charge is 0.497 e. The minimum Gasteiger partial charge on any atom is -0.497 e. The first kappa shape index (κ1) is 23.9. The van der Waals surface area contributed by atoms with E-state index >= 15 is 0 Å². The van der Waals surface area contributed by atoms with Crippen LogP contribution in [0.15, 0.2) is 42.5 Å². The highest BCUT2D eigenvalue weighted by Gasteiger charge is 2.41. The van der Waals surface area contributed by atoms with Crippen LogP contribution in [0.2, 0.25) is 0 Å². The van der Waals surface area contributed by atoms with Gasteiger partial charge in [0.25, 0.3) is 5.91 Å². The lowest BCUT2D eigenvalue weighted by molar-refractivity contribution is -0.117. The summed E-state index contributed by atoms with van der Waals surface area (Å²) in [5.74, 6) is 1.99. The number of nitrogens with one attached hydrogen (secondary N) is 1. The predicted molar refractivity (Wildman–Crippen MR) is 130 cm³/mol. The van der Waals surface area contributed by atoms with Crippen molar-refractivity contribution in [2.45, 2.75) is 25.3 Å². The van der Waals surface area contributed by atoms with Crippen LogP contribution in [-0.4, -0.2) is 75.2 Å². The zero-order chi connectivity index (χ0) is 24.1. The van der Waals surface area contributed by atoms with E-state index in [4.69, 9.17) is 14.2 Å². The van der Waals surface area contributed by atoms with Crippen LogP contribution in [0.1, 0.15) is 29.6 Å². The second-order valence-corrected chi connectivity index (χ2v) is 8.83. The van der Waals surface area contributed by atoms with E-state index in [1.165, 1.54) is 0 Å². The first-order chi connectivity index (χ1) is 16.5. The van der Waals surface area contributed by atoms with Crippen LogP contribution in [0.4, 0.5) is 5.69 Å². The molecule has 8 heteroatoms. The van der Waals surface area contributed by atoms with Gasteiger partial charge < -0.3 is 24.4 Å². The van der Waals surface area contributed by atoms with Crippen molar-refractivity contribution < 1.29 is 23.8 Å². The van der Waals surface area contributed by atoms with Gasteiger partial charge in [0.15, 0.2) is 11.5 Å². The number of benzene rings is 2. The summed E-state index contributed by atoms with van der Waals surface area (Å²) in [5, 5.41) is 2.95. The van der Waals surface area contributed by atoms with E-state index in [0.29, 0.717) is 42.6 Å². The number of anilines is 1. The molecule has 2 aliphatic rings. The molecular weight excluding hydrogens is 434 g/mol. The molecule has 0 saturated carbocycles. The molecule has 2 saturated heterocycles. The molecule has 2 aromatic carbocycles. The number of carbonyl (C=O) groups is 2. The van der Waals surface area contributed by atoms with Crippen LogP contribution in [0.5, 0.6) is 17.2 Å². The van der Waals surface area contributed by atoms with E-state index in [2.05, 4.69) is 10.2 Å². The van der Waals surface area contributed by atoms with Gasteiger partial charge in [-0.25, -0.2) is 0 Å². The van der Waals surface area contributed by atoms with E-state index in [9.17, 15) is 9.59 Å². The van der Waals surface area contributed by atoms with Gasteiger partial charge in [-0.2, -0.15) is 0 Å². The molecule has 0 aromatic heterocycles. The fourth-order valence-corrected chi connectivity index (χ4v) is 5.10. The third-order valence-corrected chi connectivity index (χ3v) is 6.74. The van der Waals surface area contributed by atoms with Gasteiger partial charge in [0, 0.05) is 31.4 Å². The summed E-state index contributed by atoms with van der Waals surface area (Å²) in [6.45, 7) is 2.48. The van der Waals surface area contributed by atoms with Crippen molar-refractivity contribution in [2.24, 2.45) is 5.92 Å². The number of methoxy groups -OCH3 is 3. The molecule has 2 aliphatic heterocycles. The van der Waals surface area contributed by atoms with Gasteiger partial charge in [0.05, 0.1) is 33.4 Å². The maximum absolute atomic E-state index is 13.6. The first-order valence-electron chi connectivity index (χ1n) is 11.7. The fraction of sp³-hybridized carbons (Fsp3) is 0.462. The maximum atomic E-state index is 13.6. The average molecular weight is 468 g/mol. The molecule has 2 atom stereocenters. The lowest BCUT2D eigenvalue weighted by Gasteiger charge is -2.31. The summed E-state index contributed by atoms with van der Waals surface area (Å²) < 4.78 is 16.1. The van der Waals surface area contributed by atoms with Crippen LogP contribution >= 0.6 is 0 Å². The summed E-state index contributed by atoms with van der Waals surface area (Å²) >= 11 is 0. The molecule has 182 valence electrons. The lowest BCUT2D eigenvalue weighted by Crippen LogP contribution is -2.44. The number of likely N-dealkylation sites (tertiary alicyclic amines) is 2. The maximum Gasteiger partial charge on any atom is 0.258 e. The molecule has 4 rings (SSSR count). The van der Waals surface area contributed by atoms with Crippen molar-refractivity contribution in [3.05, 3.63) is 48.0 Å². The van der Waals surface area contributed by atoms with Gasteiger partial charge in [0.2, 0.25) is 5.91 Å². The van der Waals surface area contributed by atoms with Crippen LogP contribution in [0, 0.1) is 5.92 Å². The molecule has 2 fully saturated rings. The number of para-hydroxylation sites is 1. The molecule has 0 aliphatic carbocycles. The van der Waals surface area contributed by atoms with Crippen molar-refractivity contribution in [2.75, 3.05) is 52.8 Å². The summed E-state index contributed by atoms with van der Waals surface area (Å²) in [4.78, 5) is 30.5. The van der Waals surface area contributed by atoms with Gasteiger partial charge in [-0.3, -0.25) is 14.5 Å². The number of amides is 2. The zero-order valence-electron chi connectivity index (χ0n) is 20.1. The zero-order valence-corrected chi connectivity index (χ0v) is 20.1. The van der Waals surface area contributed by atoms with Crippen LogP contribution in [0.25, 0.3) is 0 Å². The molecule has 1 N–H and O–H groups in total. The highest BCUT2D eigenvalue weighted by Crippen LogP contribution is 2.35. The molecule has 8 nitrogen and oxygen atoms in total. The van der Waals surface area contributed by atoms with Gasteiger partial charge in [0.1, 0.15) is 5.75 Å². The number of fused-ring (bicyclic) bond motifs is 1. The van der Waals surface area contributed by atoms with E-state index in [1.807, 2.05) is 35.2 Å². The van der Waals surface area contributed by atoms with Crippen molar-refractivity contribution >= 4 is 17.5 Å². The van der Waals surface area contributed by atoms with Crippen molar-refractivity contribution in [1.29, 1.82) is 0 Å². The number of hydrogen-bond acceptors (Lipinski definition) is 6. The van der Waals surface area contributed by atoms with Crippen molar-refractivity contribution in [3.8, 4) is 17.2 Å². The minimum atomic E-state index is -0.0611. The topological polar surface area (TPSA) is 80.3 Å². The normalized spacial score (nSPS) is 20.3. The second kappa shape index (κ2) is 10.8. The number of ether oxygens (including phenoxy) is 3. The average Bonchev–Trinajstić information content (AvgIpc) is 3.14. The quantitative estimate of drug-likeness (QED) is 0.673. The molecule has 2 heterocycles. The predicted octanol–water partition coefficient (Wildman–Crippen LogP) is 3.28. The Morgan fingerprint density at radius 1 is 0.971 bits per heavy atom. The summed E-state index contributed by atoms with van der Waals surface area (Å²) in [5.41, 5.74) is 1.25. The highest BCUT2D eigenvalue weighted by molar-refractivity contribution is 5.98. The smallest absolute Gasteiger partial charge is 0.258 e. The molecule has 34 heavy (non-hydrogen) atoms. The Labute approximate surface area is 200 Å². The molecule has 0 spiro atoms. The van der Waals surface area contributed by atoms with E-state index in [-0.39, 0.29) is 17.9 Å². The third-order valence-electron chi connectivity index (χ3n) is 6.74. The van der Waals surface area contributed by atoms with Gasteiger partial charge in [-0.15, -0.1) is 0 Å². The highest BCUT2D eigenvalue weighted by atomic mass is 16.5. The van der Waals surface area contributed by atoms with E-state index in [1.54, 1.807) is 33.5 Å². The Morgan fingerprint density at radius 2 is 1.76 bits per heavy atom. The summed E-state index contributed by atoms with van der Waals surface area (Å²) in [7, 11) is 4.74. The molecular formula is C26H33N3O5. The van der Waals surface area contributed by atoms with E-state index < -0.39 is 0 Å². The SMILES string of the molecule is COc1ccc(NC(=O)CN2C[C@@H]3CCCCN(C(=O)c4cccc(OC)c4OC)[C@@H]3C2)cc1. The number of nitrogens with zero attached hydrogens (tertiary/aromatic N) is 2. The van der Waals surface area contributed by atoms with Crippen LogP contribution in [0.3, 0.4) is 0 Å². The Hall–Kier alpha value is -3.26. The number of hydrogen-bond donors (Lipinski definition) is 1. The van der Waals surface area contributed by atoms with E-state index in [0.717, 1.165) is 37.2 Å². The lowest BCUT2D eigenvalue weighted by atomic mass is 9.98. The monoisotopic (exact) mass is 467 g/mol. The van der Waals surface area contributed by atoms with Crippen molar-refractivity contribution in [3.63, 3.8) is 0 Å². The van der Waals surface area contributed by atoms with Gasteiger partial charge in [-0.1, -0.05) is 12.5 Å². The Kier molecular flexibility index (Phi) is 7.57. The van der Waals surface area contributed by atoms with Crippen LogP contribution < -0.4 is 19.5 Å². The number of rotatable bonds is 7. The first-order valence-corrected chi connectivity index (χ1v) is 11.7. The standard InChI is InChI=1S/C26H33N3O5/c1-32-20-12-10-19(11-13-20)27-24(30)17-28-15-18-7-4-5-14-29(22(18)16-28)26(31)21-8-6-9-23(33-2)25(21)34-3/h6,8-13,18,22H,4-5,7,14-17H2,1-3H3,(H,27,30)/t18-,22+/m0/s1. The van der Waals surface area contributed by atoms with Gasteiger partial charge in [-0.05, 0) is 55.2 Å². The van der Waals surface area contributed by atoms with Crippen molar-refractivity contribution in [1.82, 2.24) is 9.80 Å². The number of carbonyl (C=O) groups excluding carboxylic acids is 2. The molecule has 0 radical (unpaired) electrons. The Balaban J connectivity index is 1.45. The summed E-state index contributed by atoms with van der Waals surface area (Å²) in [6, 6.07) is 12.8.